The summed E-state index contributed by atoms with van der Waals surface area (Å²) in [5.74, 6) is 1.02. The summed E-state index contributed by atoms with van der Waals surface area (Å²) in [7, 11) is 0. The maximum absolute atomic E-state index is 13.0. The molecule has 0 saturated carbocycles. The van der Waals surface area contributed by atoms with Gasteiger partial charge in [0, 0.05) is 23.6 Å². The highest BCUT2D eigenvalue weighted by Gasteiger charge is 1.99. The van der Waals surface area contributed by atoms with E-state index >= 15 is 0 Å². The van der Waals surface area contributed by atoms with E-state index in [4.69, 9.17) is 4.74 Å². The monoisotopic (exact) mass is 280 g/mol. The standard InChI is InChI=1S/C17H13FN2O/c18-17-12-14(10-11-19-17)20-13-6-8-16(9-7-13)21-15-4-2-1-3-5-15/h1-12H,(H,19,20). The maximum atomic E-state index is 13.0. The van der Waals surface area contributed by atoms with Gasteiger partial charge in [-0.3, -0.25) is 0 Å². The quantitative estimate of drug-likeness (QED) is 0.700. The average Bonchev–Trinajstić information content (AvgIpc) is 2.50. The molecule has 21 heavy (non-hydrogen) atoms. The van der Waals surface area contributed by atoms with Crippen LogP contribution >= 0.6 is 0 Å². The van der Waals surface area contributed by atoms with Crippen molar-refractivity contribution in [1.82, 2.24) is 4.98 Å². The van der Waals surface area contributed by atoms with Crippen LogP contribution in [0.4, 0.5) is 15.8 Å². The number of hydrogen-bond acceptors (Lipinski definition) is 3. The van der Waals surface area contributed by atoms with E-state index < -0.39 is 5.95 Å². The van der Waals surface area contributed by atoms with Gasteiger partial charge >= 0.3 is 0 Å². The minimum Gasteiger partial charge on any atom is -0.457 e. The van der Waals surface area contributed by atoms with Gasteiger partial charge in [-0.15, -0.1) is 0 Å². The van der Waals surface area contributed by atoms with Gasteiger partial charge in [0.15, 0.2) is 0 Å². The number of rotatable bonds is 4. The van der Waals surface area contributed by atoms with Crippen LogP contribution in [0.25, 0.3) is 0 Å². The molecule has 0 radical (unpaired) electrons. The van der Waals surface area contributed by atoms with Crippen molar-refractivity contribution in [3.05, 3.63) is 78.9 Å². The van der Waals surface area contributed by atoms with E-state index in [9.17, 15) is 4.39 Å². The predicted molar refractivity (Wildman–Crippen MR) is 80.4 cm³/mol. The summed E-state index contributed by atoms with van der Waals surface area (Å²) in [6.45, 7) is 0. The fraction of sp³-hybridized carbons (Fsp3) is 0. The number of halogens is 1. The van der Waals surface area contributed by atoms with E-state index in [2.05, 4.69) is 10.3 Å². The molecule has 0 saturated heterocycles. The van der Waals surface area contributed by atoms with Crippen LogP contribution in [0.15, 0.2) is 72.9 Å². The number of nitrogens with one attached hydrogen (secondary N) is 1. The number of anilines is 2. The third-order valence-electron chi connectivity index (χ3n) is 2.85. The lowest BCUT2D eigenvalue weighted by Gasteiger charge is -2.08. The van der Waals surface area contributed by atoms with Crippen LogP contribution in [0.2, 0.25) is 0 Å². The predicted octanol–water partition coefficient (Wildman–Crippen LogP) is 4.76. The fourth-order valence-electron chi connectivity index (χ4n) is 1.88. The Labute approximate surface area is 122 Å². The van der Waals surface area contributed by atoms with Gasteiger partial charge in [-0.2, -0.15) is 4.39 Å². The summed E-state index contributed by atoms with van der Waals surface area (Å²) in [4.78, 5) is 3.52. The molecular weight excluding hydrogens is 267 g/mol. The second kappa shape index (κ2) is 6.05. The molecule has 0 aliphatic rings. The number of nitrogens with zero attached hydrogens (tertiary/aromatic N) is 1. The Kier molecular flexibility index (Phi) is 3.78. The number of pyridine rings is 1. The normalized spacial score (nSPS) is 10.1. The van der Waals surface area contributed by atoms with Gasteiger partial charge in [0.2, 0.25) is 5.95 Å². The molecule has 0 unspecified atom stereocenters. The first-order valence-electron chi connectivity index (χ1n) is 6.51. The Morgan fingerprint density at radius 3 is 2.24 bits per heavy atom. The maximum Gasteiger partial charge on any atom is 0.214 e. The molecule has 3 aromatic rings. The summed E-state index contributed by atoms with van der Waals surface area (Å²) in [6, 6.07) is 20.1. The molecule has 1 N–H and O–H groups in total. The van der Waals surface area contributed by atoms with Crippen LogP contribution in [-0.2, 0) is 0 Å². The minimum absolute atomic E-state index is 0.510. The number of benzene rings is 2. The zero-order valence-electron chi connectivity index (χ0n) is 11.2. The minimum atomic E-state index is -0.510. The van der Waals surface area contributed by atoms with Crippen LogP contribution in [0.1, 0.15) is 0 Å². The van der Waals surface area contributed by atoms with E-state index in [0.29, 0.717) is 5.69 Å². The van der Waals surface area contributed by atoms with Crippen LogP contribution in [0.3, 0.4) is 0 Å². The van der Waals surface area contributed by atoms with Gasteiger partial charge in [0.1, 0.15) is 11.5 Å². The zero-order valence-corrected chi connectivity index (χ0v) is 11.2. The molecular formula is C17H13FN2O. The molecule has 3 rings (SSSR count). The Morgan fingerprint density at radius 1 is 0.810 bits per heavy atom. The lowest BCUT2D eigenvalue weighted by atomic mass is 10.3. The molecule has 2 aromatic carbocycles. The SMILES string of the molecule is Fc1cc(Nc2ccc(Oc3ccccc3)cc2)ccn1. The average molecular weight is 280 g/mol. The Morgan fingerprint density at radius 2 is 1.52 bits per heavy atom. The van der Waals surface area contributed by atoms with E-state index in [1.54, 1.807) is 6.07 Å². The topological polar surface area (TPSA) is 34.1 Å². The molecule has 0 fully saturated rings. The molecule has 0 bridgehead atoms. The van der Waals surface area contributed by atoms with Crippen molar-refractivity contribution in [3.63, 3.8) is 0 Å². The van der Waals surface area contributed by atoms with E-state index in [0.717, 1.165) is 17.2 Å². The number of ether oxygens (including phenoxy) is 1. The number of para-hydroxylation sites is 1. The van der Waals surface area contributed by atoms with Crippen molar-refractivity contribution in [2.75, 3.05) is 5.32 Å². The molecule has 104 valence electrons. The first kappa shape index (κ1) is 13.1. The number of aromatic nitrogens is 1. The molecule has 0 amide bonds. The molecule has 0 aliphatic carbocycles. The van der Waals surface area contributed by atoms with Crippen LogP contribution in [0.5, 0.6) is 11.5 Å². The van der Waals surface area contributed by atoms with Crippen molar-refractivity contribution in [1.29, 1.82) is 0 Å². The van der Waals surface area contributed by atoms with Gasteiger partial charge in [-0.05, 0) is 42.5 Å². The first-order valence-corrected chi connectivity index (χ1v) is 6.51. The highest BCUT2D eigenvalue weighted by molar-refractivity contribution is 5.59. The first-order chi connectivity index (χ1) is 10.3. The Balaban J connectivity index is 1.69. The molecule has 0 atom stereocenters. The zero-order chi connectivity index (χ0) is 14.5. The lowest BCUT2D eigenvalue weighted by Crippen LogP contribution is -1.92. The largest absolute Gasteiger partial charge is 0.457 e. The van der Waals surface area contributed by atoms with Crippen LogP contribution in [-0.4, -0.2) is 4.98 Å². The fourth-order valence-corrected chi connectivity index (χ4v) is 1.88. The highest BCUT2D eigenvalue weighted by Crippen LogP contribution is 2.24. The second-order valence-corrected chi connectivity index (χ2v) is 4.43. The van der Waals surface area contributed by atoms with Gasteiger partial charge in [-0.25, -0.2) is 4.98 Å². The van der Waals surface area contributed by atoms with Crippen molar-refractivity contribution in [3.8, 4) is 11.5 Å². The summed E-state index contributed by atoms with van der Waals surface area (Å²) in [6.07, 6.45) is 1.42. The third-order valence-corrected chi connectivity index (χ3v) is 2.85. The van der Waals surface area contributed by atoms with E-state index in [1.807, 2.05) is 54.6 Å². The summed E-state index contributed by atoms with van der Waals surface area (Å²) >= 11 is 0. The van der Waals surface area contributed by atoms with Gasteiger partial charge in [0.25, 0.3) is 0 Å². The highest BCUT2D eigenvalue weighted by atomic mass is 19.1. The third kappa shape index (κ3) is 3.57. The van der Waals surface area contributed by atoms with E-state index in [1.165, 1.54) is 12.3 Å². The molecule has 0 aliphatic heterocycles. The van der Waals surface area contributed by atoms with Gasteiger partial charge in [0.05, 0.1) is 0 Å². The molecule has 1 aromatic heterocycles. The van der Waals surface area contributed by atoms with Crippen molar-refractivity contribution >= 4 is 11.4 Å². The Hall–Kier alpha value is -2.88. The van der Waals surface area contributed by atoms with Gasteiger partial charge < -0.3 is 10.1 Å². The molecule has 1 heterocycles. The smallest absolute Gasteiger partial charge is 0.214 e. The summed E-state index contributed by atoms with van der Waals surface area (Å²) < 4.78 is 18.7. The van der Waals surface area contributed by atoms with Crippen molar-refractivity contribution in [2.45, 2.75) is 0 Å². The van der Waals surface area contributed by atoms with Crippen LogP contribution < -0.4 is 10.1 Å². The second-order valence-electron chi connectivity index (χ2n) is 4.43. The molecule has 0 spiro atoms. The Bertz CT molecular complexity index is 714. The van der Waals surface area contributed by atoms with E-state index in [-0.39, 0.29) is 0 Å². The summed E-state index contributed by atoms with van der Waals surface area (Å²) in [5, 5.41) is 3.10. The van der Waals surface area contributed by atoms with Crippen molar-refractivity contribution < 1.29 is 9.13 Å². The van der Waals surface area contributed by atoms with Crippen molar-refractivity contribution in [2.24, 2.45) is 0 Å². The molecule has 3 nitrogen and oxygen atoms in total. The van der Waals surface area contributed by atoms with Crippen LogP contribution in [0, 0.1) is 5.95 Å². The molecule has 4 heteroatoms. The summed E-state index contributed by atoms with van der Waals surface area (Å²) in [5.41, 5.74) is 1.50. The lowest BCUT2D eigenvalue weighted by molar-refractivity contribution is 0.483. The number of hydrogen-bond donors (Lipinski definition) is 1. The van der Waals surface area contributed by atoms with Gasteiger partial charge in [-0.1, -0.05) is 18.2 Å².